The van der Waals surface area contributed by atoms with Gasteiger partial charge in [0.2, 0.25) is 0 Å². The van der Waals surface area contributed by atoms with Crippen LogP contribution in [0.3, 0.4) is 0 Å². The highest BCUT2D eigenvalue weighted by molar-refractivity contribution is 7.18. The number of methoxy groups -OCH3 is 1. The number of aromatic nitrogens is 2. The maximum absolute atomic E-state index is 12.2. The van der Waals surface area contributed by atoms with E-state index < -0.39 is 0 Å². The van der Waals surface area contributed by atoms with Crippen LogP contribution in [0.2, 0.25) is 0 Å². The van der Waals surface area contributed by atoms with E-state index in [0.29, 0.717) is 5.82 Å². The zero-order chi connectivity index (χ0) is 11.9. The molecule has 0 aliphatic heterocycles. The molecule has 0 bridgehead atoms. The van der Waals surface area contributed by atoms with Crippen molar-refractivity contribution in [2.75, 3.05) is 7.11 Å². The number of nitrogens with zero attached hydrogens (tertiary/aromatic N) is 2. The molecule has 0 saturated heterocycles. The summed E-state index contributed by atoms with van der Waals surface area (Å²) >= 11 is 1.57. The molecule has 0 amide bonds. The Labute approximate surface area is 97.5 Å². The first kappa shape index (κ1) is 11.3. The van der Waals surface area contributed by atoms with Gasteiger partial charge in [-0.2, -0.15) is 0 Å². The van der Waals surface area contributed by atoms with Crippen LogP contribution < -0.4 is 5.56 Å². The molecule has 2 aromatic rings. The molecule has 2 rings (SSSR count). The van der Waals surface area contributed by atoms with E-state index in [0.717, 1.165) is 20.7 Å². The summed E-state index contributed by atoms with van der Waals surface area (Å²) in [4.78, 5) is 18.6. The van der Waals surface area contributed by atoms with Crippen molar-refractivity contribution in [2.45, 2.75) is 27.5 Å². The van der Waals surface area contributed by atoms with Crippen LogP contribution in [0.1, 0.15) is 16.3 Å². The van der Waals surface area contributed by atoms with Gasteiger partial charge in [0, 0.05) is 12.0 Å². The van der Waals surface area contributed by atoms with Gasteiger partial charge in [-0.25, -0.2) is 4.98 Å². The molecular weight excluding hydrogens is 224 g/mol. The number of ether oxygens (including phenoxy) is 1. The fourth-order valence-corrected chi connectivity index (χ4v) is 2.78. The number of fused-ring (bicyclic) bond motifs is 1. The third kappa shape index (κ3) is 1.56. The van der Waals surface area contributed by atoms with E-state index >= 15 is 0 Å². The summed E-state index contributed by atoms with van der Waals surface area (Å²) in [5.41, 5.74) is 1.02. The lowest BCUT2D eigenvalue weighted by Crippen LogP contribution is -2.24. The van der Waals surface area contributed by atoms with E-state index in [2.05, 4.69) is 4.98 Å². The predicted molar refractivity (Wildman–Crippen MR) is 65.1 cm³/mol. The zero-order valence-electron chi connectivity index (χ0n) is 9.83. The van der Waals surface area contributed by atoms with Gasteiger partial charge in [0.25, 0.3) is 5.56 Å². The summed E-state index contributed by atoms with van der Waals surface area (Å²) in [6, 6.07) is 0. The van der Waals surface area contributed by atoms with E-state index in [1.54, 1.807) is 23.0 Å². The van der Waals surface area contributed by atoms with E-state index in [4.69, 9.17) is 4.74 Å². The number of thiophene rings is 1. The molecular formula is C11H14N2O2S. The Morgan fingerprint density at radius 3 is 2.69 bits per heavy atom. The van der Waals surface area contributed by atoms with Crippen LogP contribution in [0.25, 0.3) is 10.2 Å². The van der Waals surface area contributed by atoms with Crippen LogP contribution in [0, 0.1) is 20.8 Å². The third-order valence-corrected chi connectivity index (χ3v) is 3.84. The van der Waals surface area contributed by atoms with Crippen molar-refractivity contribution in [1.29, 1.82) is 0 Å². The minimum absolute atomic E-state index is 0.00815. The van der Waals surface area contributed by atoms with E-state index in [1.807, 2.05) is 20.8 Å². The molecule has 0 N–H and O–H groups in total. The second-order valence-corrected chi connectivity index (χ2v) is 4.98. The second kappa shape index (κ2) is 3.99. The van der Waals surface area contributed by atoms with Crippen LogP contribution in [-0.2, 0) is 11.5 Å². The Morgan fingerprint density at radius 1 is 1.38 bits per heavy atom. The van der Waals surface area contributed by atoms with Crippen LogP contribution >= 0.6 is 11.3 Å². The van der Waals surface area contributed by atoms with Crippen molar-refractivity contribution in [3.05, 3.63) is 26.6 Å². The van der Waals surface area contributed by atoms with Gasteiger partial charge >= 0.3 is 0 Å². The van der Waals surface area contributed by atoms with Crippen molar-refractivity contribution in [3.63, 3.8) is 0 Å². The van der Waals surface area contributed by atoms with Crippen LogP contribution in [0.5, 0.6) is 0 Å². The minimum atomic E-state index is -0.00815. The molecule has 2 aromatic heterocycles. The molecule has 0 aliphatic carbocycles. The summed E-state index contributed by atoms with van der Waals surface area (Å²) in [7, 11) is 1.57. The number of aryl methyl sites for hydroxylation is 3. The number of hydrogen-bond acceptors (Lipinski definition) is 4. The first-order chi connectivity index (χ1) is 7.56. The van der Waals surface area contributed by atoms with Gasteiger partial charge in [-0.15, -0.1) is 11.3 Å². The predicted octanol–water partition coefficient (Wildman–Crippen LogP) is 1.99. The van der Waals surface area contributed by atoms with Gasteiger partial charge in [-0.3, -0.25) is 9.36 Å². The van der Waals surface area contributed by atoms with Gasteiger partial charge in [0.1, 0.15) is 17.4 Å². The highest BCUT2D eigenvalue weighted by atomic mass is 32.1. The minimum Gasteiger partial charge on any atom is -0.364 e. The third-order valence-electron chi connectivity index (χ3n) is 2.74. The van der Waals surface area contributed by atoms with Gasteiger partial charge in [-0.1, -0.05) is 0 Å². The molecule has 0 fully saturated rings. The van der Waals surface area contributed by atoms with E-state index in [-0.39, 0.29) is 12.3 Å². The smallest absolute Gasteiger partial charge is 0.264 e. The van der Waals surface area contributed by atoms with E-state index in [1.165, 1.54) is 0 Å². The Morgan fingerprint density at radius 2 is 2.06 bits per heavy atom. The van der Waals surface area contributed by atoms with Crippen LogP contribution in [0.4, 0.5) is 0 Å². The summed E-state index contributed by atoms with van der Waals surface area (Å²) in [6.07, 6.45) is 0. The quantitative estimate of drug-likeness (QED) is 0.803. The highest BCUT2D eigenvalue weighted by Crippen LogP contribution is 2.25. The largest absolute Gasteiger partial charge is 0.364 e. The number of rotatable bonds is 2. The first-order valence-electron chi connectivity index (χ1n) is 5.02. The van der Waals surface area contributed by atoms with Gasteiger partial charge in [0.05, 0.1) is 5.39 Å². The van der Waals surface area contributed by atoms with E-state index in [9.17, 15) is 4.79 Å². The molecule has 0 saturated carbocycles. The Kier molecular flexibility index (Phi) is 2.82. The molecule has 2 heterocycles. The fourth-order valence-electron chi connectivity index (χ4n) is 1.71. The summed E-state index contributed by atoms with van der Waals surface area (Å²) in [5.74, 6) is 0.695. The topological polar surface area (TPSA) is 44.1 Å². The van der Waals surface area contributed by atoms with Crippen molar-refractivity contribution < 1.29 is 4.74 Å². The summed E-state index contributed by atoms with van der Waals surface area (Å²) in [5, 5.41) is 0.727. The lowest BCUT2D eigenvalue weighted by molar-refractivity contribution is 0.126. The SMILES string of the molecule is COCn1c(C)nc2sc(C)c(C)c2c1=O. The Hall–Kier alpha value is -1.20. The second-order valence-electron chi connectivity index (χ2n) is 3.77. The summed E-state index contributed by atoms with van der Waals surface area (Å²) in [6.45, 7) is 6.05. The lowest BCUT2D eigenvalue weighted by Gasteiger charge is -2.07. The van der Waals surface area contributed by atoms with Gasteiger partial charge in [0.15, 0.2) is 0 Å². The average Bonchev–Trinajstić information content (AvgIpc) is 2.49. The lowest BCUT2D eigenvalue weighted by atomic mass is 10.2. The standard InChI is InChI=1S/C11H14N2O2S/c1-6-7(2)16-10-9(6)11(14)13(5-15-4)8(3)12-10/h5H2,1-4H3. The molecule has 0 aliphatic rings. The fraction of sp³-hybridized carbons (Fsp3) is 0.455. The Bertz CT molecular complexity index is 598. The Balaban J connectivity index is 2.85. The van der Waals surface area contributed by atoms with Crippen molar-refractivity contribution in [1.82, 2.24) is 9.55 Å². The number of hydrogen-bond donors (Lipinski definition) is 0. The molecule has 0 radical (unpaired) electrons. The molecule has 0 atom stereocenters. The van der Waals surface area contributed by atoms with Crippen LogP contribution in [0.15, 0.2) is 4.79 Å². The van der Waals surface area contributed by atoms with Gasteiger partial charge in [-0.05, 0) is 26.3 Å². The van der Waals surface area contributed by atoms with Gasteiger partial charge < -0.3 is 4.74 Å². The average molecular weight is 238 g/mol. The van der Waals surface area contributed by atoms with Crippen molar-refractivity contribution in [3.8, 4) is 0 Å². The normalized spacial score (nSPS) is 11.2. The molecule has 16 heavy (non-hydrogen) atoms. The van der Waals surface area contributed by atoms with Crippen molar-refractivity contribution >= 4 is 21.6 Å². The van der Waals surface area contributed by atoms with Crippen molar-refractivity contribution in [2.24, 2.45) is 0 Å². The molecule has 5 heteroatoms. The molecule has 4 nitrogen and oxygen atoms in total. The highest BCUT2D eigenvalue weighted by Gasteiger charge is 2.13. The molecule has 0 unspecified atom stereocenters. The zero-order valence-corrected chi connectivity index (χ0v) is 10.6. The molecule has 0 aromatic carbocycles. The summed E-state index contributed by atoms with van der Waals surface area (Å²) < 4.78 is 6.57. The monoisotopic (exact) mass is 238 g/mol. The van der Waals surface area contributed by atoms with Crippen LogP contribution in [-0.4, -0.2) is 16.7 Å². The first-order valence-corrected chi connectivity index (χ1v) is 5.84. The maximum Gasteiger partial charge on any atom is 0.264 e. The molecule has 0 spiro atoms. The maximum atomic E-state index is 12.2. The molecule has 86 valence electrons.